The van der Waals surface area contributed by atoms with E-state index in [0.717, 1.165) is 24.3 Å². The molecule has 0 fully saturated rings. The molecule has 3 rings (SSSR count). The van der Waals surface area contributed by atoms with Crippen molar-refractivity contribution >= 4 is 11.6 Å². The summed E-state index contributed by atoms with van der Waals surface area (Å²) in [6, 6.07) is 11.7. The zero-order valence-electron chi connectivity index (χ0n) is 14.2. The van der Waals surface area contributed by atoms with Gasteiger partial charge in [-0.2, -0.15) is 0 Å². The molecule has 0 saturated heterocycles. The van der Waals surface area contributed by atoms with E-state index in [-0.39, 0.29) is 16.5 Å². The number of halogens is 7. The predicted octanol–water partition coefficient (Wildman–Crippen LogP) is 6.87. The summed E-state index contributed by atoms with van der Waals surface area (Å²) in [6.45, 7) is 0. The first-order valence-electron chi connectivity index (χ1n) is 7.88. The van der Waals surface area contributed by atoms with Crippen LogP contribution in [0.25, 0.3) is 22.4 Å². The topological polar surface area (TPSA) is 31.4 Å². The van der Waals surface area contributed by atoms with E-state index < -0.39 is 12.7 Å². The maximum atomic E-state index is 12.2. The maximum absolute atomic E-state index is 12.2. The van der Waals surface area contributed by atoms with Crippen LogP contribution >= 0.6 is 11.6 Å². The fourth-order valence-electron chi connectivity index (χ4n) is 2.47. The highest BCUT2D eigenvalue weighted by molar-refractivity contribution is 6.33. The standard InChI is InChI=1S/C19H10ClF6NO2/c20-16-9-13(11-1-5-14(6-2-11)28-18(21,22)23)10-27-17(16)12-3-7-15(8-4-12)29-19(24,25)26/h1-10H. The van der Waals surface area contributed by atoms with Crippen LogP contribution in [0.5, 0.6) is 11.5 Å². The van der Waals surface area contributed by atoms with Crippen molar-refractivity contribution in [1.82, 2.24) is 4.98 Å². The number of ether oxygens (including phenoxy) is 2. The van der Waals surface area contributed by atoms with Gasteiger partial charge in [0.05, 0.1) is 10.7 Å². The molecular weight excluding hydrogens is 424 g/mol. The van der Waals surface area contributed by atoms with Crippen molar-refractivity contribution in [2.24, 2.45) is 0 Å². The summed E-state index contributed by atoms with van der Waals surface area (Å²) in [4.78, 5) is 4.20. The van der Waals surface area contributed by atoms with Crippen molar-refractivity contribution in [3.63, 3.8) is 0 Å². The monoisotopic (exact) mass is 433 g/mol. The number of aromatic nitrogens is 1. The highest BCUT2D eigenvalue weighted by Crippen LogP contribution is 2.33. The summed E-state index contributed by atoms with van der Waals surface area (Å²) in [7, 11) is 0. The number of hydrogen-bond donors (Lipinski definition) is 0. The number of nitrogens with zero attached hydrogens (tertiary/aromatic N) is 1. The summed E-state index contributed by atoms with van der Waals surface area (Å²) in [5, 5.41) is 0.211. The van der Waals surface area contributed by atoms with Crippen LogP contribution in [-0.2, 0) is 0 Å². The van der Waals surface area contributed by atoms with E-state index in [1.54, 1.807) is 6.07 Å². The van der Waals surface area contributed by atoms with E-state index in [0.29, 0.717) is 22.4 Å². The van der Waals surface area contributed by atoms with Gasteiger partial charge < -0.3 is 9.47 Å². The minimum Gasteiger partial charge on any atom is -0.406 e. The molecule has 0 bridgehead atoms. The summed E-state index contributed by atoms with van der Waals surface area (Å²) in [6.07, 6.45) is -8.13. The predicted molar refractivity (Wildman–Crippen MR) is 93.5 cm³/mol. The number of benzene rings is 2. The molecule has 0 spiro atoms. The Hall–Kier alpha value is -2.94. The molecule has 29 heavy (non-hydrogen) atoms. The molecule has 0 unspecified atom stereocenters. The number of rotatable bonds is 4. The third kappa shape index (κ3) is 5.77. The zero-order chi connectivity index (χ0) is 21.2. The molecule has 0 radical (unpaired) electrons. The highest BCUT2D eigenvalue weighted by Gasteiger charge is 2.31. The third-order valence-corrected chi connectivity index (χ3v) is 3.91. The minimum absolute atomic E-state index is 0.211. The first kappa shape index (κ1) is 20.8. The lowest BCUT2D eigenvalue weighted by Crippen LogP contribution is -2.17. The van der Waals surface area contributed by atoms with Crippen molar-refractivity contribution in [1.29, 1.82) is 0 Å². The van der Waals surface area contributed by atoms with Gasteiger partial charge in [0, 0.05) is 17.3 Å². The first-order valence-corrected chi connectivity index (χ1v) is 8.26. The molecule has 3 aromatic rings. The van der Waals surface area contributed by atoms with Crippen molar-refractivity contribution in [3.05, 3.63) is 65.8 Å². The maximum Gasteiger partial charge on any atom is 0.573 e. The van der Waals surface area contributed by atoms with Gasteiger partial charge in [0.25, 0.3) is 0 Å². The average molecular weight is 434 g/mol. The Morgan fingerprint density at radius 2 is 1.10 bits per heavy atom. The second-order valence-electron chi connectivity index (χ2n) is 5.70. The van der Waals surface area contributed by atoms with Crippen molar-refractivity contribution < 1.29 is 35.8 Å². The van der Waals surface area contributed by atoms with Crippen LogP contribution in [0.4, 0.5) is 26.3 Å². The quantitative estimate of drug-likeness (QED) is 0.421. The van der Waals surface area contributed by atoms with Gasteiger partial charge in [-0.25, -0.2) is 0 Å². The normalized spacial score (nSPS) is 12.0. The van der Waals surface area contributed by atoms with Gasteiger partial charge in [-0.15, -0.1) is 26.3 Å². The van der Waals surface area contributed by atoms with Gasteiger partial charge in [-0.05, 0) is 48.0 Å². The molecule has 0 aliphatic heterocycles. The molecule has 10 heteroatoms. The smallest absolute Gasteiger partial charge is 0.406 e. The Balaban J connectivity index is 1.80. The Labute approximate surface area is 165 Å². The highest BCUT2D eigenvalue weighted by atomic mass is 35.5. The Bertz CT molecular complexity index is 986. The second-order valence-corrected chi connectivity index (χ2v) is 6.11. The van der Waals surface area contributed by atoms with E-state index in [1.165, 1.54) is 30.5 Å². The number of hydrogen-bond acceptors (Lipinski definition) is 3. The van der Waals surface area contributed by atoms with E-state index >= 15 is 0 Å². The lowest BCUT2D eigenvalue weighted by Gasteiger charge is -2.11. The van der Waals surface area contributed by atoms with Crippen LogP contribution in [0.1, 0.15) is 0 Å². The van der Waals surface area contributed by atoms with Crippen LogP contribution in [0.3, 0.4) is 0 Å². The molecule has 1 heterocycles. The van der Waals surface area contributed by atoms with Gasteiger partial charge in [0.1, 0.15) is 11.5 Å². The van der Waals surface area contributed by atoms with Gasteiger partial charge in [-0.3, -0.25) is 4.98 Å². The molecular formula is C19H10ClF6NO2. The molecule has 0 atom stereocenters. The van der Waals surface area contributed by atoms with Gasteiger partial charge in [-0.1, -0.05) is 23.7 Å². The van der Waals surface area contributed by atoms with Crippen molar-refractivity contribution in [2.75, 3.05) is 0 Å². The Morgan fingerprint density at radius 1 is 0.655 bits per heavy atom. The fraction of sp³-hybridized carbons (Fsp3) is 0.105. The van der Waals surface area contributed by atoms with Crippen LogP contribution in [0.15, 0.2) is 60.8 Å². The van der Waals surface area contributed by atoms with Gasteiger partial charge in [0.2, 0.25) is 0 Å². The van der Waals surface area contributed by atoms with Crippen molar-refractivity contribution in [2.45, 2.75) is 12.7 Å². The summed E-state index contributed by atoms with van der Waals surface area (Å²) >= 11 is 6.23. The molecule has 0 amide bonds. The van der Waals surface area contributed by atoms with Crippen molar-refractivity contribution in [3.8, 4) is 33.9 Å². The summed E-state index contributed by atoms with van der Waals surface area (Å²) in [5.41, 5.74) is 1.87. The van der Waals surface area contributed by atoms with E-state index in [4.69, 9.17) is 11.6 Å². The molecule has 0 aliphatic carbocycles. The number of pyridine rings is 1. The summed E-state index contributed by atoms with van der Waals surface area (Å²) in [5.74, 6) is -0.742. The van der Waals surface area contributed by atoms with Crippen LogP contribution in [0.2, 0.25) is 5.02 Å². The first-order chi connectivity index (χ1) is 13.5. The van der Waals surface area contributed by atoms with Gasteiger partial charge in [0.15, 0.2) is 0 Å². The van der Waals surface area contributed by atoms with Crippen LogP contribution in [0, 0.1) is 0 Å². The third-order valence-electron chi connectivity index (χ3n) is 3.62. The van der Waals surface area contributed by atoms with E-state index in [9.17, 15) is 26.3 Å². The lowest BCUT2D eigenvalue weighted by molar-refractivity contribution is -0.275. The molecule has 0 N–H and O–H groups in total. The molecule has 0 saturated carbocycles. The van der Waals surface area contributed by atoms with Crippen LogP contribution in [-0.4, -0.2) is 17.7 Å². The second kappa shape index (κ2) is 7.82. The average Bonchev–Trinajstić information content (AvgIpc) is 2.60. The minimum atomic E-state index is -4.79. The Kier molecular flexibility index (Phi) is 5.61. The van der Waals surface area contributed by atoms with E-state index in [1.807, 2.05) is 0 Å². The molecule has 2 aromatic carbocycles. The summed E-state index contributed by atoms with van der Waals surface area (Å²) < 4.78 is 80.9. The molecule has 3 nitrogen and oxygen atoms in total. The Morgan fingerprint density at radius 3 is 1.52 bits per heavy atom. The van der Waals surface area contributed by atoms with Gasteiger partial charge >= 0.3 is 12.7 Å². The lowest BCUT2D eigenvalue weighted by atomic mass is 10.1. The largest absolute Gasteiger partial charge is 0.573 e. The molecule has 152 valence electrons. The molecule has 1 aromatic heterocycles. The SMILES string of the molecule is FC(F)(F)Oc1ccc(-c2cnc(-c3ccc(OC(F)(F)F)cc3)c(Cl)c2)cc1. The zero-order valence-corrected chi connectivity index (χ0v) is 14.9. The van der Waals surface area contributed by atoms with Crippen LogP contribution < -0.4 is 9.47 Å². The van der Waals surface area contributed by atoms with E-state index in [2.05, 4.69) is 14.5 Å². The fourth-order valence-corrected chi connectivity index (χ4v) is 2.75. The number of alkyl halides is 6. The molecule has 0 aliphatic rings.